The van der Waals surface area contributed by atoms with E-state index in [1.807, 2.05) is 6.08 Å². The van der Waals surface area contributed by atoms with Crippen LogP contribution in [0.25, 0.3) is 0 Å². The summed E-state index contributed by atoms with van der Waals surface area (Å²) in [6.45, 7) is 13.5. The molecule has 3 fully saturated rings. The van der Waals surface area contributed by atoms with Crippen LogP contribution in [0.5, 0.6) is 0 Å². The lowest BCUT2D eigenvalue weighted by Crippen LogP contribution is -2.55. The second-order valence-electron chi connectivity index (χ2n) is 9.89. The van der Waals surface area contributed by atoms with Crippen molar-refractivity contribution in [2.24, 2.45) is 34.0 Å². The molecule has 0 amide bonds. The molecule has 0 spiro atoms. The van der Waals surface area contributed by atoms with Crippen molar-refractivity contribution in [3.63, 3.8) is 0 Å². The molecule has 0 aliphatic heterocycles. The van der Waals surface area contributed by atoms with E-state index < -0.39 is 0 Å². The number of carbonyl (C=O) groups is 2. The summed E-state index contributed by atoms with van der Waals surface area (Å²) in [5.74, 6) is 2.36. The summed E-state index contributed by atoms with van der Waals surface area (Å²) in [5.41, 5.74) is 2.28. The minimum Gasteiger partial charge on any atom is -0.299 e. The topological polar surface area (TPSA) is 34.1 Å². The monoisotopic (exact) mass is 326 g/mol. The third-order valence-corrected chi connectivity index (χ3v) is 8.35. The largest absolute Gasteiger partial charge is 0.299 e. The van der Waals surface area contributed by atoms with Gasteiger partial charge >= 0.3 is 0 Å². The Morgan fingerprint density at radius 3 is 2.50 bits per heavy atom. The van der Waals surface area contributed by atoms with Gasteiger partial charge in [-0.3, -0.25) is 9.59 Å². The Kier molecular flexibility index (Phi) is 3.20. The van der Waals surface area contributed by atoms with Crippen molar-refractivity contribution in [3.8, 4) is 0 Å². The van der Waals surface area contributed by atoms with Gasteiger partial charge in [-0.15, -0.1) is 0 Å². The van der Waals surface area contributed by atoms with Crippen molar-refractivity contribution in [1.29, 1.82) is 0 Å². The summed E-state index contributed by atoms with van der Waals surface area (Å²) in [6, 6.07) is 0. The first-order chi connectivity index (χ1) is 11.1. The predicted molar refractivity (Wildman–Crippen MR) is 95.4 cm³/mol. The van der Waals surface area contributed by atoms with E-state index in [9.17, 15) is 9.59 Å². The maximum atomic E-state index is 12.6. The van der Waals surface area contributed by atoms with E-state index in [1.54, 1.807) is 0 Å². The number of rotatable bonds is 0. The number of fused-ring (bicyclic) bond motifs is 5. The second kappa shape index (κ2) is 4.71. The molecule has 0 aromatic rings. The van der Waals surface area contributed by atoms with Gasteiger partial charge in [0.25, 0.3) is 0 Å². The minimum atomic E-state index is -0.0966. The Morgan fingerprint density at radius 1 is 1.08 bits per heavy atom. The van der Waals surface area contributed by atoms with Crippen molar-refractivity contribution in [3.05, 3.63) is 23.8 Å². The van der Waals surface area contributed by atoms with Crippen LogP contribution in [-0.4, -0.2) is 11.6 Å². The van der Waals surface area contributed by atoms with Gasteiger partial charge in [0.2, 0.25) is 0 Å². The molecule has 24 heavy (non-hydrogen) atoms. The summed E-state index contributed by atoms with van der Waals surface area (Å²) in [6.07, 6.45) is 7.49. The number of carbonyl (C=O) groups excluding carboxylic acids is 2. The number of hydrogen-bond donors (Lipinski definition) is 0. The Hall–Kier alpha value is -1.18. The fourth-order valence-corrected chi connectivity index (χ4v) is 7.07. The normalized spacial score (nSPS) is 46.9. The first-order valence-corrected chi connectivity index (χ1v) is 9.58. The van der Waals surface area contributed by atoms with E-state index in [2.05, 4.69) is 34.3 Å². The molecule has 130 valence electrons. The summed E-state index contributed by atoms with van der Waals surface area (Å²) in [4.78, 5) is 24.8. The fourth-order valence-electron chi connectivity index (χ4n) is 7.07. The smallest absolute Gasteiger partial charge is 0.159 e. The van der Waals surface area contributed by atoms with Gasteiger partial charge in [0.15, 0.2) is 5.78 Å². The van der Waals surface area contributed by atoms with E-state index in [4.69, 9.17) is 0 Å². The van der Waals surface area contributed by atoms with Gasteiger partial charge in [-0.1, -0.05) is 45.4 Å². The van der Waals surface area contributed by atoms with E-state index in [0.717, 1.165) is 37.7 Å². The quantitative estimate of drug-likeness (QED) is 0.594. The Balaban J connectivity index is 1.84. The number of ketones is 2. The van der Waals surface area contributed by atoms with Crippen LogP contribution in [0.15, 0.2) is 23.8 Å². The lowest BCUT2D eigenvalue weighted by molar-refractivity contribution is -0.133. The fraction of sp³-hybridized carbons (Fsp3) is 0.727. The summed E-state index contributed by atoms with van der Waals surface area (Å²) < 4.78 is 0. The van der Waals surface area contributed by atoms with Gasteiger partial charge in [0.1, 0.15) is 5.78 Å². The standard InChI is InChI=1S/C22H30O2/c1-13-10-14(23)11-18-20(2,3)12-15-16-6-7-19(24)21(16,4)9-8-17(15)22(13,18)5/h11,15-17H,1,6-10,12H2,2-5H3/t15-,16-,17+,21-,22+/m0/s1. The van der Waals surface area contributed by atoms with Crippen LogP contribution in [0.2, 0.25) is 0 Å². The zero-order chi connectivity index (χ0) is 17.5. The van der Waals surface area contributed by atoms with Crippen molar-refractivity contribution in [2.45, 2.75) is 66.2 Å². The summed E-state index contributed by atoms with van der Waals surface area (Å²) in [7, 11) is 0. The van der Waals surface area contributed by atoms with Gasteiger partial charge in [-0.2, -0.15) is 0 Å². The number of allylic oxidation sites excluding steroid dienone is 2. The van der Waals surface area contributed by atoms with Crippen LogP contribution in [0.4, 0.5) is 0 Å². The van der Waals surface area contributed by atoms with Crippen LogP contribution >= 0.6 is 0 Å². The second-order valence-corrected chi connectivity index (χ2v) is 9.89. The maximum Gasteiger partial charge on any atom is 0.159 e. The minimum absolute atomic E-state index is 0.0127. The zero-order valence-corrected chi connectivity index (χ0v) is 15.6. The van der Waals surface area contributed by atoms with Crippen LogP contribution in [-0.2, 0) is 9.59 Å². The molecule has 0 aromatic heterocycles. The molecular weight excluding hydrogens is 296 g/mol. The highest BCUT2D eigenvalue weighted by molar-refractivity contribution is 5.94. The van der Waals surface area contributed by atoms with E-state index in [-0.39, 0.29) is 22.0 Å². The Labute approximate surface area is 145 Å². The molecule has 4 aliphatic rings. The number of Topliss-reactive ketones (excluding diaryl/α,β-unsaturated/α-hetero) is 1. The lowest BCUT2D eigenvalue weighted by atomic mass is 9.42. The van der Waals surface area contributed by atoms with Crippen LogP contribution in [0.1, 0.15) is 66.2 Å². The Bertz CT molecular complexity index is 682. The average molecular weight is 326 g/mol. The van der Waals surface area contributed by atoms with Crippen molar-refractivity contribution < 1.29 is 9.59 Å². The number of hydrogen-bond acceptors (Lipinski definition) is 2. The average Bonchev–Trinajstić information content (AvgIpc) is 2.78. The molecule has 0 bridgehead atoms. The van der Waals surface area contributed by atoms with Gasteiger partial charge in [0, 0.05) is 23.7 Å². The van der Waals surface area contributed by atoms with Crippen LogP contribution < -0.4 is 0 Å². The molecule has 0 aromatic carbocycles. The van der Waals surface area contributed by atoms with E-state index in [0.29, 0.717) is 30.0 Å². The molecule has 0 saturated heterocycles. The molecule has 4 aliphatic carbocycles. The zero-order valence-electron chi connectivity index (χ0n) is 15.6. The molecule has 2 heteroatoms. The first kappa shape index (κ1) is 16.3. The molecular formula is C22H30O2. The first-order valence-electron chi connectivity index (χ1n) is 9.58. The Morgan fingerprint density at radius 2 is 1.79 bits per heavy atom. The molecule has 0 heterocycles. The molecule has 0 radical (unpaired) electrons. The van der Waals surface area contributed by atoms with Crippen LogP contribution in [0.3, 0.4) is 0 Å². The van der Waals surface area contributed by atoms with Crippen molar-refractivity contribution >= 4 is 11.6 Å². The van der Waals surface area contributed by atoms with Gasteiger partial charge in [-0.05, 0) is 54.9 Å². The predicted octanol–water partition coefficient (Wildman–Crippen LogP) is 4.89. The highest BCUT2D eigenvalue weighted by Gasteiger charge is 2.62. The molecule has 4 rings (SSSR count). The van der Waals surface area contributed by atoms with Gasteiger partial charge in [-0.25, -0.2) is 0 Å². The molecule has 0 N–H and O–H groups in total. The van der Waals surface area contributed by atoms with E-state index in [1.165, 1.54) is 5.57 Å². The summed E-state index contributed by atoms with van der Waals surface area (Å²) >= 11 is 0. The van der Waals surface area contributed by atoms with Gasteiger partial charge < -0.3 is 0 Å². The molecule has 0 unspecified atom stereocenters. The lowest BCUT2D eigenvalue weighted by Gasteiger charge is -2.61. The van der Waals surface area contributed by atoms with Crippen LogP contribution in [0, 0.1) is 34.0 Å². The summed E-state index contributed by atoms with van der Waals surface area (Å²) in [5, 5.41) is 0. The maximum absolute atomic E-state index is 12.6. The SMILES string of the molecule is C=C1CC(=O)C=C2C(C)(C)C[C@@H]3[C@@H](CC[C@]4(C)C(=O)CC[C@@H]34)[C@@]12C. The third kappa shape index (κ3) is 1.83. The van der Waals surface area contributed by atoms with E-state index >= 15 is 0 Å². The molecule has 3 saturated carbocycles. The molecule has 2 nitrogen and oxygen atoms in total. The molecule has 5 atom stereocenters. The highest BCUT2D eigenvalue weighted by atomic mass is 16.1. The highest BCUT2D eigenvalue weighted by Crippen LogP contribution is 2.68. The van der Waals surface area contributed by atoms with Crippen molar-refractivity contribution in [2.75, 3.05) is 0 Å². The third-order valence-electron chi connectivity index (χ3n) is 8.35. The van der Waals surface area contributed by atoms with Crippen molar-refractivity contribution in [1.82, 2.24) is 0 Å². The van der Waals surface area contributed by atoms with Gasteiger partial charge in [0.05, 0.1) is 0 Å².